The van der Waals surface area contributed by atoms with Crippen LogP contribution in [0.1, 0.15) is 71.6 Å². The molecule has 0 saturated heterocycles. The average Bonchev–Trinajstić information content (AvgIpc) is 2.91. The van der Waals surface area contributed by atoms with Crippen molar-refractivity contribution in [3.05, 3.63) is 12.2 Å². The molecule has 0 heterocycles. The van der Waals surface area contributed by atoms with Gasteiger partial charge in [0.05, 0.1) is 13.2 Å². The molecule has 0 bridgehead atoms. The number of carbonyl (C=O) groups is 2. The van der Waals surface area contributed by atoms with Crippen LogP contribution >= 0.6 is 0 Å². The summed E-state index contributed by atoms with van der Waals surface area (Å²) in [6.45, 7) is 4.18. The van der Waals surface area contributed by atoms with Crippen LogP contribution in [0.5, 0.6) is 0 Å². The van der Waals surface area contributed by atoms with Crippen LogP contribution in [-0.4, -0.2) is 30.1 Å². The number of allylic oxidation sites excluding steroid dienone is 1. The lowest BCUT2D eigenvalue weighted by molar-refractivity contribution is -0.141. The Morgan fingerprint density at radius 1 is 1.38 bits per heavy atom. The van der Waals surface area contributed by atoms with Crippen LogP contribution in [0.2, 0.25) is 0 Å². The number of methoxy groups -OCH3 is 1. The number of Topliss-reactive ketones (excluding diaryl/α,β-unsaturated/α-hetero) is 1. The van der Waals surface area contributed by atoms with Crippen LogP contribution < -0.4 is 0 Å². The predicted octanol–water partition coefficient (Wildman–Crippen LogP) is 4.06. The summed E-state index contributed by atoms with van der Waals surface area (Å²) >= 11 is 0. The fraction of sp³-hybridized carbons (Fsp3) is 0.800. The third-order valence-corrected chi connectivity index (χ3v) is 5.05. The summed E-state index contributed by atoms with van der Waals surface area (Å²) in [6.07, 6.45) is 11.3. The van der Waals surface area contributed by atoms with Crippen molar-refractivity contribution >= 4 is 11.8 Å². The van der Waals surface area contributed by atoms with E-state index in [9.17, 15) is 14.7 Å². The van der Waals surface area contributed by atoms with E-state index in [0.29, 0.717) is 18.6 Å². The monoisotopic (exact) mass is 338 g/mol. The molecule has 24 heavy (non-hydrogen) atoms. The van der Waals surface area contributed by atoms with Gasteiger partial charge in [-0.3, -0.25) is 9.59 Å². The largest absolute Gasteiger partial charge is 0.469 e. The van der Waals surface area contributed by atoms with Crippen LogP contribution in [0.25, 0.3) is 0 Å². The molecule has 0 aromatic rings. The van der Waals surface area contributed by atoms with Crippen molar-refractivity contribution in [3.63, 3.8) is 0 Å². The Morgan fingerprint density at radius 2 is 2.12 bits per heavy atom. The Bertz CT molecular complexity index is 416. The van der Waals surface area contributed by atoms with Crippen molar-refractivity contribution in [2.75, 3.05) is 7.11 Å². The maximum absolute atomic E-state index is 12.1. The minimum absolute atomic E-state index is 0.0455. The topological polar surface area (TPSA) is 63.6 Å². The first-order chi connectivity index (χ1) is 11.5. The molecule has 4 nitrogen and oxygen atoms in total. The smallest absolute Gasteiger partial charge is 0.305 e. The molecule has 1 fully saturated rings. The molecule has 1 aliphatic carbocycles. The minimum Gasteiger partial charge on any atom is -0.469 e. The van der Waals surface area contributed by atoms with Gasteiger partial charge in [0.2, 0.25) is 0 Å². The molecule has 4 atom stereocenters. The fourth-order valence-corrected chi connectivity index (χ4v) is 3.44. The van der Waals surface area contributed by atoms with E-state index >= 15 is 0 Å². The normalized spacial score (nSPS) is 23.6. The number of carbonyl (C=O) groups excluding carboxylic acids is 2. The number of rotatable bonds is 11. The highest BCUT2D eigenvalue weighted by molar-refractivity contribution is 5.83. The van der Waals surface area contributed by atoms with E-state index in [-0.39, 0.29) is 23.7 Å². The molecule has 4 heteroatoms. The van der Waals surface area contributed by atoms with Gasteiger partial charge in [-0.15, -0.1) is 0 Å². The van der Waals surface area contributed by atoms with E-state index in [2.05, 4.69) is 13.0 Å². The fourth-order valence-electron chi connectivity index (χ4n) is 3.44. The van der Waals surface area contributed by atoms with E-state index in [1.807, 2.05) is 13.0 Å². The van der Waals surface area contributed by atoms with Gasteiger partial charge in [0.15, 0.2) is 0 Å². The number of ketones is 1. The molecule has 0 aliphatic heterocycles. The molecule has 0 aromatic carbocycles. The van der Waals surface area contributed by atoms with Gasteiger partial charge in [-0.25, -0.2) is 0 Å². The maximum atomic E-state index is 12.1. The van der Waals surface area contributed by atoms with E-state index in [1.54, 1.807) is 0 Å². The summed E-state index contributed by atoms with van der Waals surface area (Å²) in [6, 6.07) is 0. The first-order valence-corrected chi connectivity index (χ1v) is 9.43. The molecular formula is C20H34O4. The van der Waals surface area contributed by atoms with E-state index in [1.165, 1.54) is 7.11 Å². The van der Waals surface area contributed by atoms with Gasteiger partial charge in [-0.05, 0) is 37.5 Å². The highest BCUT2D eigenvalue weighted by atomic mass is 16.5. The number of esters is 1. The SMILES string of the molecule is CCCCCC(O)C=CC1CCC(=O)C1CCC(C)CC(=O)OC. The van der Waals surface area contributed by atoms with Crippen LogP contribution in [0.15, 0.2) is 12.2 Å². The molecule has 1 aliphatic rings. The highest BCUT2D eigenvalue weighted by Gasteiger charge is 2.32. The van der Waals surface area contributed by atoms with E-state index in [0.717, 1.165) is 44.9 Å². The van der Waals surface area contributed by atoms with Crippen LogP contribution in [0.4, 0.5) is 0 Å². The second-order valence-electron chi connectivity index (χ2n) is 7.19. The average molecular weight is 338 g/mol. The Morgan fingerprint density at radius 3 is 2.79 bits per heavy atom. The molecule has 0 radical (unpaired) electrons. The lowest BCUT2D eigenvalue weighted by atomic mass is 9.87. The molecule has 4 unspecified atom stereocenters. The zero-order valence-corrected chi connectivity index (χ0v) is 15.5. The molecule has 0 aromatic heterocycles. The van der Waals surface area contributed by atoms with Crippen LogP contribution in [0.3, 0.4) is 0 Å². The zero-order valence-electron chi connectivity index (χ0n) is 15.5. The number of ether oxygens (including phenoxy) is 1. The summed E-state index contributed by atoms with van der Waals surface area (Å²) in [7, 11) is 1.40. The standard InChI is InChI=1S/C20H34O4/c1-4-5-6-7-17(21)11-9-16-10-13-19(22)18(16)12-8-15(2)14-20(23)24-3/h9,11,15-18,21H,4-8,10,12-14H2,1-3H3. The van der Waals surface area contributed by atoms with Crippen molar-refractivity contribution < 1.29 is 19.4 Å². The first-order valence-electron chi connectivity index (χ1n) is 9.43. The summed E-state index contributed by atoms with van der Waals surface area (Å²) in [5, 5.41) is 10.0. The quantitative estimate of drug-likeness (QED) is 0.350. The summed E-state index contributed by atoms with van der Waals surface area (Å²) in [4.78, 5) is 23.4. The Kier molecular flexibility index (Phi) is 9.92. The summed E-state index contributed by atoms with van der Waals surface area (Å²) < 4.78 is 4.70. The van der Waals surface area contributed by atoms with Crippen LogP contribution in [0, 0.1) is 17.8 Å². The highest BCUT2D eigenvalue weighted by Crippen LogP contribution is 2.34. The van der Waals surface area contributed by atoms with Gasteiger partial charge in [0.25, 0.3) is 0 Å². The van der Waals surface area contributed by atoms with Crippen molar-refractivity contribution in [3.8, 4) is 0 Å². The van der Waals surface area contributed by atoms with Crippen molar-refractivity contribution in [2.24, 2.45) is 17.8 Å². The van der Waals surface area contributed by atoms with Crippen molar-refractivity contribution in [2.45, 2.75) is 77.7 Å². The molecular weight excluding hydrogens is 304 g/mol. The van der Waals surface area contributed by atoms with Gasteiger partial charge in [-0.2, -0.15) is 0 Å². The number of hydrogen-bond acceptors (Lipinski definition) is 4. The first kappa shape index (κ1) is 20.9. The molecule has 0 spiro atoms. The van der Waals surface area contributed by atoms with Gasteiger partial charge >= 0.3 is 5.97 Å². The lowest BCUT2D eigenvalue weighted by Gasteiger charge is -2.18. The van der Waals surface area contributed by atoms with E-state index in [4.69, 9.17) is 4.74 Å². The van der Waals surface area contributed by atoms with Gasteiger partial charge in [-0.1, -0.05) is 45.3 Å². The van der Waals surface area contributed by atoms with Crippen LogP contribution in [-0.2, 0) is 14.3 Å². The molecule has 0 amide bonds. The van der Waals surface area contributed by atoms with Gasteiger partial charge in [0, 0.05) is 18.8 Å². The number of hydrogen-bond donors (Lipinski definition) is 1. The van der Waals surface area contributed by atoms with Crippen molar-refractivity contribution in [1.82, 2.24) is 0 Å². The molecule has 138 valence electrons. The third kappa shape index (κ3) is 7.61. The Balaban J connectivity index is 2.43. The zero-order chi connectivity index (χ0) is 17.9. The second kappa shape index (κ2) is 11.4. The second-order valence-corrected chi connectivity index (χ2v) is 7.19. The molecule has 1 saturated carbocycles. The van der Waals surface area contributed by atoms with Crippen molar-refractivity contribution in [1.29, 1.82) is 0 Å². The Hall–Kier alpha value is -1.16. The predicted molar refractivity (Wildman–Crippen MR) is 95.5 cm³/mol. The molecule has 1 N–H and O–H groups in total. The summed E-state index contributed by atoms with van der Waals surface area (Å²) in [5.74, 6) is 0.658. The minimum atomic E-state index is -0.397. The maximum Gasteiger partial charge on any atom is 0.305 e. The lowest BCUT2D eigenvalue weighted by Crippen LogP contribution is -2.16. The number of aliphatic hydroxyl groups is 1. The molecule has 1 rings (SSSR count). The summed E-state index contributed by atoms with van der Waals surface area (Å²) in [5.41, 5.74) is 0. The van der Waals surface area contributed by atoms with Gasteiger partial charge in [0.1, 0.15) is 5.78 Å². The Labute approximate surface area is 146 Å². The van der Waals surface area contributed by atoms with E-state index < -0.39 is 6.10 Å². The number of unbranched alkanes of at least 4 members (excludes halogenated alkanes) is 2. The number of aliphatic hydroxyl groups excluding tert-OH is 1. The third-order valence-electron chi connectivity index (χ3n) is 5.05. The van der Waals surface area contributed by atoms with Gasteiger partial charge < -0.3 is 9.84 Å².